The van der Waals surface area contributed by atoms with E-state index in [4.69, 9.17) is 13.9 Å². The fraction of sp³-hybridized carbons (Fsp3) is 0.562. The largest absolute Gasteiger partial charge is 0.441 e. The third-order valence-electron chi connectivity index (χ3n) is 4.43. The summed E-state index contributed by atoms with van der Waals surface area (Å²) < 4.78 is 17.0. The summed E-state index contributed by atoms with van der Waals surface area (Å²) in [6, 6.07) is 6.55. The minimum atomic E-state index is -0.286. The maximum Gasteiger partial charge on any atom is 0.192 e. The number of aryl methyl sites for hydroxylation is 1. The first kappa shape index (κ1) is 13.1. The molecule has 112 valence electrons. The van der Waals surface area contributed by atoms with Crippen molar-refractivity contribution in [1.29, 1.82) is 0 Å². The van der Waals surface area contributed by atoms with Crippen molar-refractivity contribution in [2.45, 2.75) is 44.4 Å². The lowest BCUT2D eigenvalue weighted by molar-refractivity contribution is -0.177. The van der Waals surface area contributed by atoms with E-state index in [-0.39, 0.29) is 5.79 Å². The Morgan fingerprint density at radius 2 is 1.95 bits per heavy atom. The van der Waals surface area contributed by atoms with Crippen molar-refractivity contribution in [2.75, 3.05) is 18.5 Å². The van der Waals surface area contributed by atoms with Crippen molar-refractivity contribution in [3.8, 4) is 0 Å². The Balaban J connectivity index is 1.43. The highest BCUT2D eigenvalue weighted by Crippen LogP contribution is 2.36. The molecule has 2 heterocycles. The topological polar surface area (TPSA) is 56.5 Å². The molecule has 0 radical (unpaired) electrons. The third-order valence-corrected chi connectivity index (χ3v) is 4.43. The fourth-order valence-corrected chi connectivity index (χ4v) is 3.36. The van der Waals surface area contributed by atoms with Crippen molar-refractivity contribution >= 4 is 16.8 Å². The highest BCUT2D eigenvalue weighted by atomic mass is 16.7. The van der Waals surface area contributed by atoms with Gasteiger partial charge in [0.05, 0.1) is 13.2 Å². The summed E-state index contributed by atoms with van der Waals surface area (Å²) >= 11 is 0. The van der Waals surface area contributed by atoms with Crippen LogP contribution in [0.1, 0.15) is 31.6 Å². The van der Waals surface area contributed by atoms with Crippen LogP contribution in [0.5, 0.6) is 0 Å². The van der Waals surface area contributed by atoms with E-state index in [0.717, 1.165) is 55.7 Å². The van der Waals surface area contributed by atoms with Gasteiger partial charge in [0.1, 0.15) is 5.52 Å². The average molecular weight is 288 g/mol. The smallest absolute Gasteiger partial charge is 0.192 e. The Hall–Kier alpha value is -1.59. The highest BCUT2D eigenvalue weighted by molar-refractivity contribution is 5.77. The molecule has 0 bridgehead atoms. The van der Waals surface area contributed by atoms with Crippen LogP contribution >= 0.6 is 0 Å². The standard InChI is InChI=1S/C16H20N2O3/c1-11-17-14-10-13(2-3-15(14)21-11)18-12-4-6-16(7-5-12)19-8-9-20-16/h2-3,10,12,18H,4-9H2,1H3. The van der Waals surface area contributed by atoms with Crippen molar-refractivity contribution in [3.63, 3.8) is 0 Å². The molecular weight excluding hydrogens is 268 g/mol. The van der Waals surface area contributed by atoms with Gasteiger partial charge in [-0.15, -0.1) is 0 Å². The monoisotopic (exact) mass is 288 g/mol. The lowest BCUT2D eigenvalue weighted by Crippen LogP contribution is -2.39. The third kappa shape index (κ3) is 2.51. The Morgan fingerprint density at radius 1 is 1.19 bits per heavy atom. The molecule has 0 atom stereocenters. The van der Waals surface area contributed by atoms with E-state index in [1.165, 1.54) is 0 Å². The number of nitrogens with one attached hydrogen (secondary N) is 1. The zero-order valence-corrected chi connectivity index (χ0v) is 12.2. The number of hydrogen-bond donors (Lipinski definition) is 1. The van der Waals surface area contributed by atoms with Gasteiger partial charge in [0.2, 0.25) is 0 Å². The van der Waals surface area contributed by atoms with E-state index in [1.807, 2.05) is 13.0 Å². The summed E-state index contributed by atoms with van der Waals surface area (Å²) in [6.07, 6.45) is 4.07. The molecule has 4 rings (SSSR count). The van der Waals surface area contributed by atoms with Crippen LogP contribution < -0.4 is 5.32 Å². The molecule has 1 aromatic carbocycles. The van der Waals surface area contributed by atoms with Crippen LogP contribution in [0.3, 0.4) is 0 Å². The number of oxazole rings is 1. The van der Waals surface area contributed by atoms with Crippen molar-refractivity contribution < 1.29 is 13.9 Å². The predicted molar refractivity (Wildman–Crippen MR) is 79.3 cm³/mol. The van der Waals surface area contributed by atoms with E-state index < -0.39 is 0 Å². The zero-order chi connectivity index (χ0) is 14.3. The molecule has 1 N–H and O–H groups in total. The van der Waals surface area contributed by atoms with E-state index in [9.17, 15) is 0 Å². The Bertz CT molecular complexity index is 636. The molecule has 0 amide bonds. The number of anilines is 1. The van der Waals surface area contributed by atoms with E-state index >= 15 is 0 Å². The lowest BCUT2D eigenvalue weighted by Gasteiger charge is -2.36. The normalized spacial score (nSPS) is 22.1. The van der Waals surface area contributed by atoms with Gasteiger partial charge in [-0.2, -0.15) is 0 Å². The molecular formula is C16H20N2O3. The number of ether oxygens (including phenoxy) is 2. The van der Waals surface area contributed by atoms with Crippen molar-refractivity contribution in [1.82, 2.24) is 4.98 Å². The molecule has 2 aliphatic rings. The van der Waals surface area contributed by atoms with Gasteiger partial charge in [-0.3, -0.25) is 0 Å². The summed E-state index contributed by atoms with van der Waals surface area (Å²) in [5.41, 5.74) is 2.85. The van der Waals surface area contributed by atoms with Crippen LogP contribution in [0.25, 0.3) is 11.1 Å². The lowest BCUT2D eigenvalue weighted by atomic mass is 9.90. The molecule has 5 nitrogen and oxygen atoms in total. The van der Waals surface area contributed by atoms with Gasteiger partial charge < -0.3 is 19.2 Å². The van der Waals surface area contributed by atoms with Crippen LogP contribution in [-0.4, -0.2) is 30.0 Å². The molecule has 1 spiro atoms. The number of hydrogen-bond acceptors (Lipinski definition) is 5. The molecule has 1 aliphatic heterocycles. The summed E-state index contributed by atoms with van der Waals surface area (Å²) in [5.74, 6) is 0.419. The van der Waals surface area contributed by atoms with Gasteiger partial charge in [0.25, 0.3) is 0 Å². The van der Waals surface area contributed by atoms with Gasteiger partial charge in [0.15, 0.2) is 17.3 Å². The molecule has 1 saturated heterocycles. The maximum absolute atomic E-state index is 5.77. The van der Waals surface area contributed by atoms with E-state index in [1.54, 1.807) is 0 Å². The van der Waals surface area contributed by atoms with Crippen LogP contribution in [-0.2, 0) is 9.47 Å². The first-order chi connectivity index (χ1) is 10.2. The summed E-state index contributed by atoms with van der Waals surface area (Å²) in [4.78, 5) is 4.38. The van der Waals surface area contributed by atoms with Crippen molar-refractivity contribution in [3.05, 3.63) is 24.1 Å². The highest BCUT2D eigenvalue weighted by Gasteiger charge is 2.40. The number of aromatic nitrogens is 1. The first-order valence-corrected chi connectivity index (χ1v) is 7.64. The van der Waals surface area contributed by atoms with Crippen LogP contribution in [0, 0.1) is 6.92 Å². The molecule has 2 fully saturated rings. The minimum absolute atomic E-state index is 0.286. The average Bonchev–Trinajstić information content (AvgIpc) is 3.07. The molecule has 1 aromatic heterocycles. The van der Waals surface area contributed by atoms with E-state index in [0.29, 0.717) is 11.9 Å². The summed E-state index contributed by atoms with van der Waals surface area (Å²) in [7, 11) is 0. The molecule has 2 aromatic rings. The molecule has 0 unspecified atom stereocenters. The van der Waals surface area contributed by atoms with Gasteiger partial charge in [-0.05, 0) is 31.0 Å². The minimum Gasteiger partial charge on any atom is -0.441 e. The predicted octanol–water partition coefficient (Wildman–Crippen LogP) is 3.23. The van der Waals surface area contributed by atoms with Crippen LogP contribution in [0.4, 0.5) is 5.69 Å². The number of fused-ring (bicyclic) bond motifs is 1. The Labute approximate surface area is 123 Å². The van der Waals surface area contributed by atoms with Crippen LogP contribution in [0.15, 0.2) is 22.6 Å². The van der Waals surface area contributed by atoms with Gasteiger partial charge in [0, 0.05) is 31.5 Å². The summed E-state index contributed by atoms with van der Waals surface area (Å²) in [5, 5.41) is 3.60. The molecule has 5 heteroatoms. The molecule has 1 saturated carbocycles. The number of nitrogens with zero attached hydrogens (tertiary/aromatic N) is 1. The van der Waals surface area contributed by atoms with E-state index in [2.05, 4.69) is 22.4 Å². The molecule has 21 heavy (non-hydrogen) atoms. The van der Waals surface area contributed by atoms with Crippen LogP contribution in [0.2, 0.25) is 0 Å². The maximum atomic E-state index is 5.77. The number of benzene rings is 1. The molecule has 1 aliphatic carbocycles. The second kappa shape index (κ2) is 5.00. The SMILES string of the molecule is Cc1nc2cc(NC3CCC4(CC3)OCCO4)ccc2o1. The number of rotatable bonds is 2. The van der Waals surface area contributed by atoms with Gasteiger partial charge in [-0.1, -0.05) is 0 Å². The summed E-state index contributed by atoms with van der Waals surface area (Å²) in [6.45, 7) is 3.34. The van der Waals surface area contributed by atoms with Crippen molar-refractivity contribution in [2.24, 2.45) is 0 Å². The first-order valence-electron chi connectivity index (χ1n) is 7.64. The van der Waals surface area contributed by atoms with Gasteiger partial charge in [-0.25, -0.2) is 4.98 Å². The Kier molecular flexibility index (Phi) is 3.12. The van der Waals surface area contributed by atoms with Gasteiger partial charge >= 0.3 is 0 Å². The quantitative estimate of drug-likeness (QED) is 0.919. The second-order valence-electron chi connectivity index (χ2n) is 5.94. The Morgan fingerprint density at radius 3 is 2.71 bits per heavy atom. The second-order valence-corrected chi connectivity index (χ2v) is 5.94. The zero-order valence-electron chi connectivity index (χ0n) is 12.2. The fourth-order valence-electron chi connectivity index (χ4n) is 3.36.